The minimum atomic E-state index is -1.45. The Hall–Kier alpha value is -5.97. The number of carbonyl (C=O) groups is 7. The molecule has 1 aromatic heterocycles. The second-order valence-corrected chi connectivity index (χ2v) is 20.1. The molecule has 0 unspecified atom stereocenters. The molecule has 5 amide bonds. The number of esters is 1. The van der Waals surface area contributed by atoms with E-state index in [1.165, 1.54) is 37.7 Å². The molecule has 0 saturated heterocycles. The molecule has 5 N–H and O–H groups in total. The van der Waals surface area contributed by atoms with Crippen LogP contribution in [-0.2, 0) is 51.3 Å². The highest BCUT2D eigenvalue weighted by molar-refractivity contribution is 5.97. The Morgan fingerprint density at radius 3 is 1.65 bits per heavy atom. The Balaban J connectivity index is 2.14. The van der Waals surface area contributed by atoms with Gasteiger partial charge in [0, 0.05) is 51.2 Å². The lowest BCUT2D eigenvalue weighted by Crippen LogP contribution is -2.60. The average Bonchev–Trinajstić information content (AvgIpc) is 3.63. The quantitative estimate of drug-likeness (QED) is 0.0762. The first kappa shape index (κ1) is 57.3. The molecule has 0 aliphatic heterocycles. The largest absolute Gasteiger partial charge is 0.497 e. The molecule has 0 aliphatic rings. The number of nitrogens with zero attached hydrogens (tertiary/aromatic N) is 4. The lowest BCUT2D eigenvalue weighted by Gasteiger charge is -2.35. The summed E-state index contributed by atoms with van der Waals surface area (Å²) < 4.78 is 12.5. The first-order chi connectivity index (χ1) is 32.3. The van der Waals surface area contributed by atoms with Gasteiger partial charge in [-0.3, -0.25) is 24.0 Å². The Kier molecular flexibility index (Phi) is 21.7. The molecule has 3 rings (SSSR count). The summed E-state index contributed by atoms with van der Waals surface area (Å²) in [6.07, 6.45) is 1.60. The topological polar surface area (TPSA) is 223 Å². The van der Waals surface area contributed by atoms with E-state index in [9.17, 15) is 29.1 Å². The molecule has 1 heterocycles. The number of para-hydroxylation sites is 1. The molecule has 0 aliphatic carbocycles. The maximum absolute atomic E-state index is 15.0. The van der Waals surface area contributed by atoms with E-state index in [-0.39, 0.29) is 48.8 Å². The van der Waals surface area contributed by atoms with Crippen LogP contribution >= 0.6 is 0 Å². The summed E-state index contributed by atoms with van der Waals surface area (Å²) in [5.41, 5.74) is 8.94. The van der Waals surface area contributed by atoms with Crippen molar-refractivity contribution in [2.24, 2.45) is 29.4 Å². The van der Waals surface area contributed by atoms with E-state index in [0.29, 0.717) is 19.4 Å². The molecule has 0 fully saturated rings. The minimum Gasteiger partial charge on any atom is -0.497 e. The van der Waals surface area contributed by atoms with Crippen molar-refractivity contribution in [1.29, 1.82) is 0 Å². The summed E-state index contributed by atoms with van der Waals surface area (Å²) in [6.45, 7) is 18.5. The maximum atomic E-state index is 15.0. The summed E-state index contributed by atoms with van der Waals surface area (Å²) in [7, 11) is 6.03. The van der Waals surface area contributed by atoms with Crippen LogP contribution in [0, 0.1) is 23.7 Å². The first-order valence-electron chi connectivity index (χ1n) is 24.1. The van der Waals surface area contributed by atoms with Crippen LogP contribution in [0.1, 0.15) is 106 Å². The van der Waals surface area contributed by atoms with Gasteiger partial charge in [-0.1, -0.05) is 85.7 Å². The van der Waals surface area contributed by atoms with Crippen molar-refractivity contribution in [3.8, 4) is 5.75 Å². The van der Waals surface area contributed by atoms with Crippen molar-refractivity contribution in [2.75, 3.05) is 28.3 Å². The number of rotatable bonds is 26. The number of ether oxygens (including phenoxy) is 2. The molecule has 3 aromatic rings. The van der Waals surface area contributed by atoms with Crippen LogP contribution in [0.5, 0.6) is 5.75 Å². The highest BCUT2D eigenvalue weighted by Gasteiger charge is 2.39. The molecule has 69 heavy (non-hydrogen) atoms. The average molecular weight is 962 g/mol. The summed E-state index contributed by atoms with van der Waals surface area (Å²) >= 11 is 0. The van der Waals surface area contributed by atoms with Gasteiger partial charge in [0.25, 0.3) is 0 Å². The van der Waals surface area contributed by atoms with E-state index in [2.05, 4.69) is 15.2 Å². The van der Waals surface area contributed by atoms with Gasteiger partial charge in [0.05, 0.1) is 13.2 Å². The lowest BCUT2D eigenvalue weighted by molar-refractivity contribution is -0.167. The standard InChI is InChI=1S/C52H79N7O10/c1-30(2)23-40(53)48(62)57(12)44(26-33(7)8)46(60)55-42(25-32(5)6)50(64)58(13)45(27-37-29-59(43-18-16-15-17-39(37)43)28-36-19-21-38(68-14)22-20-36)47(61)54-41(24-31(3)4)49(63)56(11)34(9)52(67)69-35(10)51(65)66/h15-22,29-35,40-42,44-45H,23-28,53H2,1-14H3,(H,54,61)(H,55,60)(H,65,66)/t34-,35+,40-,41-,42-,44-,45-/m0/s1. The van der Waals surface area contributed by atoms with E-state index < -0.39 is 77.9 Å². The zero-order valence-electron chi connectivity index (χ0n) is 43.3. The van der Waals surface area contributed by atoms with Crippen molar-refractivity contribution in [3.63, 3.8) is 0 Å². The van der Waals surface area contributed by atoms with Gasteiger partial charge in [-0.15, -0.1) is 0 Å². The number of nitrogens with one attached hydrogen (secondary N) is 2. The van der Waals surface area contributed by atoms with Crippen LogP contribution in [0.3, 0.4) is 0 Å². The van der Waals surface area contributed by atoms with Gasteiger partial charge < -0.3 is 50.2 Å². The first-order valence-corrected chi connectivity index (χ1v) is 24.1. The Labute approximate surface area is 408 Å². The number of carbonyl (C=O) groups excluding carboxylic acids is 6. The van der Waals surface area contributed by atoms with Gasteiger partial charge in [0.1, 0.15) is 36.0 Å². The Morgan fingerprint density at radius 1 is 0.652 bits per heavy atom. The summed E-state index contributed by atoms with van der Waals surface area (Å²) in [6, 6.07) is 8.94. The molecular formula is C52H79N7O10. The molecule has 17 heteroatoms. The van der Waals surface area contributed by atoms with Gasteiger partial charge in [-0.25, -0.2) is 9.59 Å². The number of aliphatic carboxylic acids is 1. The third-order valence-electron chi connectivity index (χ3n) is 12.3. The van der Waals surface area contributed by atoms with E-state index >= 15 is 9.59 Å². The van der Waals surface area contributed by atoms with E-state index in [1.807, 2.05) is 110 Å². The SMILES string of the molecule is COc1ccc(Cn2cc(C[C@@H](C(=O)N[C@@H](CC(C)C)C(=O)N(C)[C@@H](C)C(=O)O[C@H](C)C(=O)O)N(C)C(=O)[C@H](CC(C)C)NC(=O)[C@H](CC(C)C)N(C)C(=O)[C@@H](N)CC(C)C)c3ccccc32)cc1. The number of carboxylic acids is 1. The van der Waals surface area contributed by atoms with Crippen LogP contribution < -0.4 is 21.1 Å². The fourth-order valence-electron chi connectivity index (χ4n) is 8.31. The molecule has 0 spiro atoms. The minimum absolute atomic E-state index is 0.00153. The van der Waals surface area contributed by atoms with Gasteiger partial charge in [-0.2, -0.15) is 0 Å². The van der Waals surface area contributed by atoms with Crippen LogP contribution in [0.2, 0.25) is 0 Å². The monoisotopic (exact) mass is 962 g/mol. The van der Waals surface area contributed by atoms with Crippen LogP contribution in [0.25, 0.3) is 10.9 Å². The Morgan fingerprint density at radius 2 is 1.14 bits per heavy atom. The van der Waals surface area contributed by atoms with Crippen LogP contribution in [0.15, 0.2) is 54.7 Å². The number of hydrogen-bond acceptors (Lipinski definition) is 10. The second kappa shape index (κ2) is 26.1. The van der Waals surface area contributed by atoms with E-state index in [4.69, 9.17) is 15.2 Å². The van der Waals surface area contributed by atoms with E-state index in [1.54, 1.807) is 14.2 Å². The zero-order valence-corrected chi connectivity index (χ0v) is 43.3. The van der Waals surface area contributed by atoms with Gasteiger partial charge in [-0.05, 0) is 92.5 Å². The highest BCUT2D eigenvalue weighted by atomic mass is 16.6. The fourth-order valence-corrected chi connectivity index (χ4v) is 8.31. The lowest BCUT2D eigenvalue weighted by atomic mass is 9.96. The van der Waals surface area contributed by atoms with Crippen LogP contribution in [0.4, 0.5) is 0 Å². The van der Waals surface area contributed by atoms with Crippen molar-refractivity contribution >= 4 is 52.4 Å². The normalized spacial score (nSPS) is 14.7. The molecule has 2 aromatic carbocycles. The predicted octanol–water partition coefficient (Wildman–Crippen LogP) is 5.24. The van der Waals surface area contributed by atoms with Crippen molar-refractivity contribution in [3.05, 3.63) is 65.9 Å². The number of amides is 5. The number of carboxylic acid groups (broad SMARTS) is 1. The third kappa shape index (κ3) is 16.3. The number of hydrogen-bond donors (Lipinski definition) is 4. The number of methoxy groups -OCH3 is 1. The molecule has 7 atom stereocenters. The molecule has 0 bridgehead atoms. The molecule has 0 radical (unpaired) electrons. The smallest absolute Gasteiger partial charge is 0.344 e. The molecule has 382 valence electrons. The molecular weight excluding hydrogens is 883 g/mol. The summed E-state index contributed by atoms with van der Waals surface area (Å²) in [5, 5.41) is 16.0. The molecule has 17 nitrogen and oxygen atoms in total. The van der Waals surface area contributed by atoms with Gasteiger partial charge in [0.2, 0.25) is 29.5 Å². The van der Waals surface area contributed by atoms with Crippen molar-refractivity contribution in [1.82, 2.24) is 29.9 Å². The zero-order chi connectivity index (χ0) is 52.0. The van der Waals surface area contributed by atoms with Gasteiger partial charge in [0.15, 0.2) is 6.10 Å². The number of likely N-dealkylation sites (N-methyl/N-ethyl adjacent to an activating group) is 3. The number of benzene rings is 2. The fraction of sp³-hybridized carbons (Fsp3) is 0.596. The summed E-state index contributed by atoms with van der Waals surface area (Å²) in [4.78, 5) is 101. The van der Waals surface area contributed by atoms with Crippen LogP contribution in [-0.4, -0.2) is 136 Å². The highest BCUT2D eigenvalue weighted by Crippen LogP contribution is 2.26. The number of aromatic nitrogens is 1. The van der Waals surface area contributed by atoms with E-state index in [0.717, 1.165) is 32.7 Å². The number of nitrogens with two attached hydrogens (primary N) is 1. The number of fused-ring (bicyclic) bond motifs is 1. The maximum Gasteiger partial charge on any atom is 0.344 e. The Bertz CT molecular complexity index is 2220. The third-order valence-corrected chi connectivity index (χ3v) is 12.3. The van der Waals surface area contributed by atoms with Crippen molar-refractivity contribution in [2.45, 2.75) is 150 Å². The van der Waals surface area contributed by atoms with Gasteiger partial charge >= 0.3 is 11.9 Å². The second-order valence-electron chi connectivity index (χ2n) is 20.1. The predicted molar refractivity (Wildman–Crippen MR) is 266 cm³/mol. The summed E-state index contributed by atoms with van der Waals surface area (Å²) in [5.74, 6) is -4.37. The van der Waals surface area contributed by atoms with Crippen molar-refractivity contribution < 1.29 is 48.1 Å². The molecule has 0 saturated carbocycles.